The predicted octanol–water partition coefficient (Wildman–Crippen LogP) is 5.95. The topological polar surface area (TPSA) is 81.6 Å². The number of hydrogen-bond donors (Lipinski definition) is 2. The molecule has 3 N–H and O–H groups in total. The highest BCUT2D eigenvalue weighted by Gasteiger charge is 2.32. The van der Waals surface area contributed by atoms with Crippen molar-refractivity contribution in [1.29, 1.82) is 0 Å². The van der Waals surface area contributed by atoms with E-state index < -0.39 is 11.7 Å². The molecule has 0 aliphatic carbocycles. The van der Waals surface area contributed by atoms with Crippen LogP contribution in [0.2, 0.25) is 0 Å². The number of nitrogens with one attached hydrogen (secondary N) is 1. The van der Waals surface area contributed by atoms with E-state index in [1.807, 2.05) is 10.9 Å². The van der Waals surface area contributed by atoms with Gasteiger partial charge in [-0.1, -0.05) is 12.1 Å². The van der Waals surface area contributed by atoms with Gasteiger partial charge in [-0.15, -0.1) is 37.2 Å². The third-order valence-electron chi connectivity index (χ3n) is 5.88. The molecular weight excluding hydrogens is 524 g/mol. The van der Waals surface area contributed by atoms with Gasteiger partial charge in [0, 0.05) is 40.7 Å². The second-order valence-electron chi connectivity index (χ2n) is 7.94. The van der Waals surface area contributed by atoms with E-state index in [4.69, 9.17) is 5.73 Å². The van der Waals surface area contributed by atoms with Gasteiger partial charge in [-0.2, -0.15) is 18.3 Å². The van der Waals surface area contributed by atoms with E-state index in [-0.39, 0.29) is 48.4 Å². The van der Waals surface area contributed by atoms with Gasteiger partial charge in [0.05, 0.1) is 23.5 Å². The molecule has 12 heteroatoms. The van der Waals surface area contributed by atoms with Gasteiger partial charge < -0.3 is 11.1 Å². The number of aromatic nitrogens is 4. The van der Waals surface area contributed by atoms with E-state index >= 15 is 0 Å². The fourth-order valence-electron chi connectivity index (χ4n) is 4.16. The summed E-state index contributed by atoms with van der Waals surface area (Å²) in [6, 6.07) is 7.62. The second-order valence-corrected chi connectivity index (χ2v) is 7.94. The summed E-state index contributed by atoms with van der Waals surface area (Å²) in [7, 11) is 0. The summed E-state index contributed by atoms with van der Waals surface area (Å²) in [6.45, 7) is 1.92. The highest BCUT2D eigenvalue weighted by Crippen LogP contribution is 2.37. The Morgan fingerprint density at radius 1 is 0.943 bits per heavy atom. The van der Waals surface area contributed by atoms with E-state index in [0.29, 0.717) is 22.7 Å². The van der Waals surface area contributed by atoms with Gasteiger partial charge >= 0.3 is 6.18 Å². The van der Waals surface area contributed by atoms with Crippen LogP contribution in [0.4, 0.5) is 19.0 Å². The molecule has 4 heterocycles. The first-order chi connectivity index (χ1) is 15.4. The van der Waals surface area contributed by atoms with Crippen molar-refractivity contribution in [2.75, 3.05) is 18.8 Å². The van der Waals surface area contributed by atoms with Crippen LogP contribution in [0.3, 0.4) is 0 Å². The number of piperidine rings is 1. The van der Waals surface area contributed by atoms with Crippen molar-refractivity contribution in [3.63, 3.8) is 0 Å². The summed E-state index contributed by atoms with van der Waals surface area (Å²) in [5.74, 6) is 0.204. The van der Waals surface area contributed by atoms with Crippen molar-refractivity contribution in [3.05, 3.63) is 60.7 Å². The third kappa shape index (κ3) is 5.81. The smallest absolute Gasteiger partial charge is 0.383 e. The van der Waals surface area contributed by atoms with Crippen molar-refractivity contribution in [1.82, 2.24) is 25.1 Å². The van der Waals surface area contributed by atoms with Crippen molar-refractivity contribution in [3.8, 4) is 22.4 Å². The van der Waals surface area contributed by atoms with Crippen LogP contribution in [-0.4, -0.2) is 32.8 Å². The first kappa shape index (κ1) is 28.6. The minimum atomic E-state index is -4.47. The maximum absolute atomic E-state index is 13.5. The lowest BCUT2D eigenvalue weighted by molar-refractivity contribution is -0.136. The van der Waals surface area contributed by atoms with Gasteiger partial charge in [0.25, 0.3) is 0 Å². The monoisotopic (exact) mass is 546 g/mol. The molecule has 188 valence electrons. The number of halogens is 6. The lowest BCUT2D eigenvalue weighted by Crippen LogP contribution is -2.29. The first-order valence-electron chi connectivity index (χ1n) is 10.4. The molecule has 0 saturated carbocycles. The van der Waals surface area contributed by atoms with Crippen molar-refractivity contribution < 1.29 is 13.2 Å². The van der Waals surface area contributed by atoms with Crippen LogP contribution >= 0.6 is 37.2 Å². The summed E-state index contributed by atoms with van der Waals surface area (Å²) >= 11 is 0. The summed E-state index contributed by atoms with van der Waals surface area (Å²) in [5.41, 5.74) is 7.85. The van der Waals surface area contributed by atoms with Gasteiger partial charge in [0.1, 0.15) is 5.82 Å². The maximum atomic E-state index is 13.5. The minimum absolute atomic E-state index is 0. The molecule has 0 unspecified atom stereocenters. The van der Waals surface area contributed by atoms with Crippen molar-refractivity contribution in [2.45, 2.75) is 25.1 Å². The van der Waals surface area contributed by atoms with Crippen LogP contribution in [0, 0.1) is 0 Å². The third-order valence-corrected chi connectivity index (χ3v) is 5.88. The van der Waals surface area contributed by atoms with E-state index in [1.165, 1.54) is 18.3 Å². The summed E-state index contributed by atoms with van der Waals surface area (Å²) in [4.78, 5) is 8.63. The number of rotatable bonds is 3. The molecule has 1 aromatic carbocycles. The molecule has 5 rings (SSSR count). The number of anilines is 1. The quantitative estimate of drug-likeness (QED) is 0.331. The summed E-state index contributed by atoms with van der Waals surface area (Å²) in [5, 5.41) is 8.34. The molecule has 0 bridgehead atoms. The number of alkyl halides is 3. The fourth-order valence-corrected chi connectivity index (χ4v) is 4.16. The van der Waals surface area contributed by atoms with Crippen LogP contribution in [0.15, 0.2) is 55.1 Å². The zero-order valence-electron chi connectivity index (χ0n) is 18.3. The summed E-state index contributed by atoms with van der Waals surface area (Å²) < 4.78 is 42.5. The Hall–Kier alpha value is -2.59. The molecule has 4 aromatic rings. The molecule has 6 nitrogen and oxygen atoms in total. The lowest BCUT2D eigenvalue weighted by atomic mass is 10.0. The predicted molar refractivity (Wildman–Crippen MR) is 138 cm³/mol. The largest absolute Gasteiger partial charge is 0.417 e. The number of fused-ring (bicyclic) bond motifs is 1. The molecule has 0 radical (unpaired) electrons. The Morgan fingerprint density at radius 3 is 2.40 bits per heavy atom. The number of nitrogen functional groups attached to an aromatic ring is 1. The Labute approximate surface area is 218 Å². The molecule has 1 aliphatic rings. The minimum Gasteiger partial charge on any atom is -0.383 e. The molecular formula is C23H24Cl3F3N6. The molecule has 35 heavy (non-hydrogen) atoms. The van der Waals surface area contributed by atoms with E-state index in [1.54, 1.807) is 24.5 Å². The highest BCUT2D eigenvalue weighted by molar-refractivity contribution is 5.90. The average molecular weight is 548 g/mol. The van der Waals surface area contributed by atoms with Crippen LogP contribution in [0.5, 0.6) is 0 Å². The molecule has 3 aromatic heterocycles. The fraction of sp³-hybridized carbons (Fsp3) is 0.261. The Balaban J connectivity index is 0.00000144. The Bertz CT molecular complexity index is 1290. The molecule has 0 atom stereocenters. The van der Waals surface area contributed by atoms with Gasteiger partial charge in [-0.25, -0.2) is 4.98 Å². The van der Waals surface area contributed by atoms with Gasteiger partial charge in [0.2, 0.25) is 0 Å². The van der Waals surface area contributed by atoms with E-state index in [2.05, 4.69) is 20.4 Å². The van der Waals surface area contributed by atoms with Crippen LogP contribution in [0.25, 0.3) is 33.2 Å². The molecule has 1 saturated heterocycles. The first-order valence-corrected chi connectivity index (χ1v) is 10.4. The van der Waals surface area contributed by atoms with Crippen LogP contribution in [-0.2, 0) is 6.18 Å². The Kier molecular flexibility index (Phi) is 9.36. The zero-order chi connectivity index (χ0) is 22.3. The lowest BCUT2D eigenvalue weighted by Gasteiger charge is -2.22. The van der Waals surface area contributed by atoms with Gasteiger partial charge in [-0.05, 0) is 49.5 Å². The van der Waals surface area contributed by atoms with E-state index in [0.717, 1.165) is 43.1 Å². The molecule has 0 spiro atoms. The number of nitrogens with two attached hydrogens (primary N) is 1. The normalized spacial score (nSPS) is 14.0. The molecule has 1 aliphatic heterocycles. The molecule has 0 amide bonds. The van der Waals surface area contributed by atoms with Crippen LogP contribution < -0.4 is 11.1 Å². The maximum Gasteiger partial charge on any atom is 0.417 e. The molecule has 1 fully saturated rings. The standard InChI is InChI=1S/C23H21F3N6.3ClH/c24-23(25,26)20-3-1-2-14-10-29-21(9-18(14)20)19-8-15(11-30-22(19)27)16-12-31-32(13-16)17-4-6-28-7-5-17;;;/h1-3,8-13,17,28H,4-7H2,(H2,27,30);3*1H. The second kappa shape index (κ2) is 11.4. The number of pyridine rings is 2. The van der Waals surface area contributed by atoms with Gasteiger partial charge in [0.15, 0.2) is 0 Å². The average Bonchev–Trinajstić information content (AvgIpc) is 3.29. The van der Waals surface area contributed by atoms with Crippen LogP contribution in [0.1, 0.15) is 24.4 Å². The number of hydrogen-bond acceptors (Lipinski definition) is 5. The highest BCUT2D eigenvalue weighted by atomic mass is 35.5. The van der Waals surface area contributed by atoms with Crippen molar-refractivity contribution >= 4 is 53.8 Å². The van der Waals surface area contributed by atoms with E-state index in [9.17, 15) is 13.2 Å². The Morgan fingerprint density at radius 2 is 1.69 bits per heavy atom. The SMILES string of the molecule is Cl.Cl.Cl.Nc1ncc(-c2cnn(C3CCNCC3)c2)cc1-c1cc2c(C(F)(F)F)cccc2cn1. The van der Waals surface area contributed by atoms with Crippen molar-refractivity contribution in [2.24, 2.45) is 0 Å². The zero-order valence-corrected chi connectivity index (χ0v) is 20.8. The summed E-state index contributed by atoms with van der Waals surface area (Å²) in [6.07, 6.45) is 4.37. The van der Waals surface area contributed by atoms with Gasteiger partial charge in [-0.3, -0.25) is 9.67 Å². The number of benzene rings is 1. The number of nitrogens with zero attached hydrogens (tertiary/aromatic N) is 4.